The Morgan fingerprint density at radius 1 is 1.50 bits per heavy atom. The third-order valence-electron chi connectivity index (χ3n) is 2.07. The number of pyridine rings is 1. The Kier molecular flexibility index (Phi) is 3.13. The van der Waals surface area contributed by atoms with E-state index < -0.39 is 0 Å². The van der Waals surface area contributed by atoms with Crippen molar-refractivity contribution < 1.29 is 0 Å². The zero-order valence-corrected chi connectivity index (χ0v) is 9.61. The maximum absolute atomic E-state index is 8.71. The Balaban J connectivity index is 2.09. The fourth-order valence-electron chi connectivity index (χ4n) is 1.33. The van der Waals surface area contributed by atoms with Crippen LogP contribution in [0.1, 0.15) is 10.4 Å². The minimum Gasteiger partial charge on any atom is -0.347 e. The normalized spacial score (nSPS) is 9.75. The maximum atomic E-state index is 8.71. The molecule has 5 heteroatoms. The van der Waals surface area contributed by atoms with Crippen molar-refractivity contribution in [2.45, 2.75) is 6.54 Å². The van der Waals surface area contributed by atoms with E-state index in [2.05, 4.69) is 16.0 Å². The molecule has 0 aliphatic carbocycles. The lowest BCUT2D eigenvalue weighted by atomic mass is 10.3. The van der Waals surface area contributed by atoms with E-state index in [0.29, 0.717) is 4.88 Å². The van der Waals surface area contributed by atoms with Crippen molar-refractivity contribution in [3.05, 3.63) is 41.2 Å². The van der Waals surface area contributed by atoms with Gasteiger partial charge in [0.05, 0.1) is 6.20 Å². The second kappa shape index (κ2) is 4.73. The van der Waals surface area contributed by atoms with E-state index in [1.165, 1.54) is 11.3 Å². The maximum Gasteiger partial charge on any atom is 0.186 e. The van der Waals surface area contributed by atoms with Gasteiger partial charge in [-0.05, 0) is 11.6 Å². The average molecular weight is 230 g/mol. The molecule has 2 aromatic rings. The lowest BCUT2D eigenvalue weighted by Gasteiger charge is -2.14. The number of rotatable bonds is 3. The van der Waals surface area contributed by atoms with Crippen LogP contribution in [0.25, 0.3) is 0 Å². The zero-order valence-electron chi connectivity index (χ0n) is 8.79. The summed E-state index contributed by atoms with van der Waals surface area (Å²) in [7, 11) is 1.95. The third-order valence-corrected chi connectivity index (χ3v) is 3.09. The van der Waals surface area contributed by atoms with Crippen LogP contribution in [0.15, 0.2) is 30.7 Å². The number of thiazole rings is 1. The van der Waals surface area contributed by atoms with Crippen LogP contribution in [-0.2, 0) is 6.54 Å². The van der Waals surface area contributed by atoms with Crippen molar-refractivity contribution in [3.63, 3.8) is 0 Å². The molecule has 0 saturated carbocycles. The summed E-state index contributed by atoms with van der Waals surface area (Å²) in [5, 5.41) is 9.56. The Morgan fingerprint density at radius 2 is 2.38 bits per heavy atom. The van der Waals surface area contributed by atoms with Crippen molar-refractivity contribution in [2.75, 3.05) is 11.9 Å². The third kappa shape index (κ3) is 2.35. The van der Waals surface area contributed by atoms with Crippen LogP contribution in [0.3, 0.4) is 0 Å². The lowest BCUT2D eigenvalue weighted by molar-refractivity contribution is 0.907. The molecule has 0 aliphatic rings. The van der Waals surface area contributed by atoms with E-state index in [0.717, 1.165) is 17.2 Å². The van der Waals surface area contributed by atoms with Crippen LogP contribution in [-0.4, -0.2) is 17.0 Å². The topological polar surface area (TPSA) is 52.8 Å². The second-order valence-corrected chi connectivity index (χ2v) is 4.35. The monoisotopic (exact) mass is 230 g/mol. The highest BCUT2D eigenvalue weighted by Gasteiger charge is 2.07. The summed E-state index contributed by atoms with van der Waals surface area (Å²) >= 11 is 1.39. The van der Waals surface area contributed by atoms with Crippen molar-refractivity contribution in [3.8, 4) is 6.07 Å². The van der Waals surface area contributed by atoms with Gasteiger partial charge in [-0.25, -0.2) is 4.98 Å². The van der Waals surface area contributed by atoms with Gasteiger partial charge in [0.15, 0.2) is 5.13 Å². The second-order valence-electron chi connectivity index (χ2n) is 3.34. The van der Waals surface area contributed by atoms with Gasteiger partial charge in [0.2, 0.25) is 0 Å². The van der Waals surface area contributed by atoms with Crippen molar-refractivity contribution in [1.82, 2.24) is 9.97 Å². The largest absolute Gasteiger partial charge is 0.347 e. The molecule has 0 radical (unpaired) electrons. The molecule has 2 aromatic heterocycles. The van der Waals surface area contributed by atoms with Crippen LogP contribution >= 0.6 is 11.3 Å². The Morgan fingerprint density at radius 3 is 3.00 bits per heavy atom. The highest BCUT2D eigenvalue weighted by molar-refractivity contribution is 7.16. The van der Waals surface area contributed by atoms with Crippen molar-refractivity contribution in [2.24, 2.45) is 0 Å². The molecule has 0 atom stereocenters. The average Bonchev–Trinajstić information content (AvgIpc) is 2.79. The number of hydrogen-bond donors (Lipinski definition) is 0. The van der Waals surface area contributed by atoms with Crippen LogP contribution in [0.4, 0.5) is 5.13 Å². The first kappa shape index (κ1) is 10.6. The smallest absolute Gasteiger partial charge is 0.186 e. The van der Waals surface area contributed by atoms with Gasteiger partial charge in [0.25, 0.3) is 0 Å². The van der Waals surface area contributed by atoms with Gasteiger partial charge in [0, 0.05) is 26.0 Å². The molecule has 0 bridgehead atoms. The summed E-state index contributed by atoms with van der Waals surface area (Å²) in [6.45, 7) is 0.742. The van der Waals surface area contributed by atoms with E-state index in [4.69, 9.17) is 5.26 Å². The van der Waals surface area contributed by atoms with Gasteiger partial charge in [-0.15, -0.1) is 0 Å². The van der Waals surface area contributed by atoms with E-state index in [-0.39, 0.29) is 0 Å². The van der Waals surface area contributed by atoms with Gasteiger partial charge in [-0.1, -0.05) is 17.4 Å². The quantitative estimate of drug-likeness (QED) is 0.809. The van der Waals surface area contributed by atoms with Gasteiger partial charge < -0.3 is 4.90 Å². The molecule has 0 amide bonds. The summed E-state index contributed by atoms with van der Waals surface area (Å²) in [5.41, 5.74) is 1.12. The molecule has 0 N–H and O–H groups in total. The first-order chi connectivity index (χ1) is 7.79. The molecular formula is C11H10N4S. The molecule has 16 heavy (non-hydrogen) atoms. The number of aromatic nitrogens is 2. The first-order valence-corrected chi connectivity index (χ1v) is 5.57. The summed E-state index contributed by atoms with van der Waals surface area (Å²) < 4.78 is 0. The SMILES string of the molecule is CN(Cc1cccnc1)c1ncc(C#N)s1. The Hall–Kier alpha value is -1.93. The predicted octanol–water partition coefficient (Wildman–Crippen LogP) is 2.05. The van der Waals surface area contributed by atoms with Crippen molar-refractivity contribution in [1.29, 1.82) is 5.26 Å². The predicted molar refractivity (Wildman–Crippen MR) is 63.2 cm³/mol. The van der Waals surface area contributed by atoms with Crippen LogP contribution in [0.5, 0.6) is 0 Å². The Bertz CT molecular complexity index is 500. The summed E-state index contributed by atoms with van der Waals surface area (Å²) in [6, 6.07) is 6.01. The number of anilines is 1. The molecule has 0 unspecified atom stereocenters. The van der Waals surface area contributed by atoms with Gasteiger partial charge in [0.1, 0.15) is 10.9 Å². The van der Waals surface area contributed by atoms with Crippen LogP contribution in [0.2, 0.25) is 0 Å². The highest BCUT2D eigenvalue weighted by atomic mass is 32.1. The van der Waals surface area contributed by atoms with Crippen LogP contribution < -0.4 is 4.90 Å². The summed E-state index contributed by atoms with van der Waals surface area (Å²) in [5.74, 6) is 0. The van der Waals surface area contributed by atoms with Crippen molar-refractivity contribution >= 4 is 16.5 Å². The number of hydrogen-bond acceptors (Lipinski definition) is 5. The van der Waals surface area contributed by atoms with Gasteiger partial charge in [-0.3, -0.25) is 4.98 Å². The number of nitriles is 1. The Labute approximate surface area is 97.8 Å². The molecular weight excluding hydrogens is 220 g/mol. The van der Waals surface area contributed by atoms with E-state index in [1.807, 2.05) is 30.3 Å². The summed E-state index contributed by atoms with van der Waals surface area (Å²) in [4.78, 5) is 10.9. The highest BCUT2D eigenvalue weighted by Crippen LogP contribution is 2.21. The molecule has 2 heterocycles. The lowest BCUT2D eigenvalue weighted by Crippen LogP contribution is -2.15. The molecule has 0 aliphatic heterocycles. The van der Waals surface area contributed by atoms with E-state index in [1.54, 1.807) is 12.4 Å². The summed E-state index contributed by atoms with van der Waals surface area (Å²) in [6.07, 6.45) is 5.18. The van der Waals surface area contributed by atoms with Gasteiger partial charge in [-0.2, -0.15) is 5.26 Å². The minimum absolute atomic E-state index is 0.632. The van der Waals surface area contributed by atoms with Crippen LogP contribution in [0, 0.1) is 11.3 Å². The van der Waals surface area contributed by atoms with E-state index in [9.17, 15) is 0 Å². The fraction of sp³-hybridized carbons (Fsp3) is 0.182. The molecule has 2 rings (SSSR count). The zero-order chi connectivity index (χ0) is 11.4. The molecule has 0 fully saturated rings. The molecule has 80 valence electrons. The standard InChI is InChI=1S/C11H10N4S/c1-15(8-9-3-2-4-13-6-9)11-14-7-10(5-12)16-11/h2-4,6-7H,8H2,1H3. The van der Waals surface area contributed by atoms with Gasteiger partial charge >= 0.3 is 0 Å². The number of nitrogens with zero attached hydrogens (tertiary/aromatic N) is 4. The first-order valence-electron chi connectivity index (χ1n) is 4.75. The molecule has 0 saturated heterocycles. The molecule has 0 spiro atoms. The van der Waals surface area contributed by atoms with E-state index >= 15 is 0 Å². The molecule has 4 nitrogen and oxygen atoms in total. The fourth-order valence-corrected chi connectivity index (χ4v) is 2.00. The minimum atomic E-state index is 0.632. The molecule has 0 aromatic carbocycles.